The molecule has 0 aromatic heterocycles. The zero-order valence-electron chi connectivity index (χ0n) is 11.2. The van der Waals surface area contributed by atoms with E-state index in [0.29, 0.717) is 12.1 Å². The maximum absolute atomic E-state index is 5.75. The van der Waals surface area contributed by atoms with Crippen LogP contribution in [0.2, 0.25) is 0 Å². The summed E-state index contributed by atoms with van der Waals surface area (Å²) in [5, 5.41) is 3.45. The molecule has 0 aromatic rings. The van der Waals surface area contributed by atoms with Crippen molar-refractivity contribution in [2.45, 2.75) is 45.3 Å². The minimum Gasteiger partial charge on any atom is -0.374 e. The zero-order chi connectivity index (χ0) is 12.5. The Morgan fingerprint density at radius 3 is 3.00 bits per heavy atom. The van der Waals surface area contributed by atoms with Crippen LogP contribution in [-0.4, -0.2) is 49.8 Å². The fourth-order valence-corrected chi connectivity index (χ4v) is 2.07. The largest absolute Gasteiger partial charge is 0.374 e. The average Bonchev–Trinajstić information content (AvgIpc) is 2.34. The van der Waals surface area contributed by atoms with Crippen molar-refractivity contribution in [2.24, 2.45) is 0 Å². The van der Waals surface area contributed by atoms with Crippen LogP contribution < -0.4 is 5.32 Å². The summed E-state index contributed by atoms with van der Waals surface area (Å²) in [5.41, 5.74) is 0. The molecule has 98 valence electrons. The van der Waals surface area contributed by atoms with Crippen LogP contribution >= 0.6 is 0 Å². The Labute approximate surface area is 106 Å². The molecule has 0 amide bonds. The first-order valence-electron chi connectivity index (χ1n) is 6.74. The second kappa shape index (κ2) is 8.52. The molecule has 1 fully saturated rings. The molecule has 0 spiro atoms. The molecule has 1 N–H and O–H groups in total. The van der Waals surface area contributed by atoms with E-state index >= 15 is 0 Å². The van der Waals surface area contributed by atoms with Crippen molar-refractivity contribution in [3.8, 4) is 12.3 Å². The fraction of sp³-hybridized carbons (Fsp3) is 0.857. The lowest BCUT2D eigenvalue weighted by molar-refractivity contribution is -0.0370. The van der Waals surface area contributed by atoms with Crippen molar-refractivity contribution < 1.29 is 4.74 Å². The number of rotatable bonds is 7. The average molecular weight is 238 g/mol. The molecular formula is C14H26N2O. The van der Waals surface area contributed by atoms with E-state index < -0.39 is 0 Å². The SMILES string of the molecule is C#CCCCCNCC1CN(C(C)C)CCO1. The predicted octanol–water partition coefficient (Wildman–Crippen LogP) is 1.49. The standard InChI is InChI=1S/C14H26N2O/c1-4-5-6-7-8-15-11-14-12-16(13(2)3)9-10-17-14/h1,13-15H,5-12H2,2-3H3. The molecule has 1 rings (SSSR count). The molecule has 1 saturated heterocycles. The first-order valence-corrected chi connectivity index (χ1v) is 6.74. The van der Waals surface area contributed by atoms with E-state index in [1.807, 2.05) is 0 Å². The molecule has 0 saturated carbocycles. The summed E-state index contributed by atoms with van der Waals surface area (Å²) in [6, 6.07) is 0.622. The second-order valence-electron chi connectivity index (χ2n) is 4.95. The Hall–Kier alpha value is -0.560. The number of terminal acetylenes is 1. The highest BCUT2D eigenvalue weighted by molar-refractivity contribution is 4.83. The van der Waals surface area contributed by atoms with Crippen molar-refractivity contribution in [1.82, 2.24) is 10.2 Å². The van der Waals surface area contributed by atoms with E-state index in [4.69, 9.17) is 11.2 Å². The summed E-state index contributed by atoms with van der Waals surface area (Å²) in [6.07, 6.45) is 8.72. The number of hydrogen-bond acceptors (Lipinski definition) is 3. The van der Waals surface area contributed by atoms with Crippen molar-refractivity contribution >= 4 is 0 Å². The summed E-state index contributed by atoms with van der Waals surface area (Å²) in [5.74, 6) is 2.67. The molecule has 1 atom stereocenters. The van der Waals surface area contributed by atoms with Crippen LogP contribution in [0.4, 0.5) is 0 Å². The van der Waals surface area contributed by atoms with Crippen LogP contribution in [0.5, 0.6) is 0 Å². The van der Waals surface area contributed by atoms with E-state index in [1.54, 1.807) is 0 Å². The normalized spacial score (nSPS) is 21.6. The highest BCUT2D eigenvalue weighted by Gasteiger charge is 2.21. The van der Waals surface area contributed by atoms with Gasteiger partial charge in [0.25, 0.3) is 0 Å². The highest BCUT2D eigenvalue weighted by Crippen LogP contribution is 2.07. The number of ether oxygens (including phenoxy) is 1. The van der Waals surface area contributed by atoms with Crippen molar-refractivity contribution in [1.29, 1.82) is 0 Å². The summed E-state index contributed by atoms with van der Waals surface area (Å²) < 4.78 is 5.75. The van der Waals surface area contributed by atoms with Crippen molar-refractivity contribution in [2.75, 3.05) is 32.8 Å². The van der Waals surface area contributed by atoms with Gasteiger partial charge in [0.05, 0.1) is 12.7 Å². The van der Waals surface area contributed by atoms with Gasteiger partial charge in [-0.05, 0) is 33.2 Å². The van der Waals surface area contributed by atoms with Gasteiger partial charge in [0.15, 0.2) is 0 Å². The zero-order valence-corrected chi connectivity index (χ0v) is 11.2. The Morgan fingerprint density at radius 2 is 2.29 bits per heavy atom. The molecule has 1 aliphatic rings. The minimum atomic E-state index is 0.346. The molecule has 0 bridgehead atoms. The second-order valence-corrected chi connectivity index (χ2v) is 4.95. The van der Waals surface area contributed by atoms with Gasteiger partial charge in [-0.15, -0.1) is 12.3 Å². The van der Waals surface area contributed by atoms with Crippen LogP contribution in [0.15, 0.2) is 0 Å². The Balaban J connectivity index is 2.05. The lowest BCUT2D eigenvalue weighted by Gasteiger charge is -2.35. The van der Waals surface area contributed by atoms with Gasteiger partial charge < -0.3 is 10.1 Å². The van der Waals surface area contributed by atoms with Crippen LogP contribution in [-0.2, 0) is 4.74 Å². The Kier molecular flexibility index (Phi) is 7.27. The van der Waals surface area contributed by atoms with E-state index in [2.05, 4.69) is 30.0 Å². The molecule has 3 heteroatoms. The van der Waals surface area contributed by atoms with Crippen LogP contribution in [0.1, 0.15) is 33.1 Å². The first-order chi connectivity index (χ1) is 8.24. The fourth-order valence-electron chi connectivity index (χ4n) is 2.07. The number of morpholine rings is 1. The van der Waals surface area contributed by atoms with Gasteiger partial charge in [-0.1, -0.05) is 0 Å². The number of nitrogens with one attached hydrogen (secondary N) is 1. The third-order valence-corrected chi connectivity index (χ3v) is 3.20. The maximum atomic E-state index is 5.75. The van der Waals surface area contributed by atoms with Gasteiger partial charge in [-0.3, -0.25) is 4.90 Å². The molecular weight excluding hydrogens is 212 g/mol. The minimum absolute atomic E-state index is 0.346. The molecule has 0 radical (unpaired) electrons. The maximum Gasteiger partial charge on any atom is 0.0826 e. The number of hydrogen-bond donors (Lipinski definition) is 1. The van der Waals surface area contributed by atoms with Crippen LogP contribution in [0.25, 0.3) is 0 Å². The topological polar surface area (TPSA) is 24.5 Å². The third-order valence-electron chi connectivity index (χ3n) is 3.20. The Morgan fingerprint density at radius 1 is 1.47 bits per heavy atom. The van der Waals surface area contributed by atoms with E-state index in [0.717, 1.165) is 52.0 Å². The monoisotopic (exact) mass is 238 g/mol. The number of nitrogens with zero attached hydrogens (tertiary/aromatic N) is 1. The summed E-state index contributed by atoms with van der Waals surface area (Å²) in [6.45, 7) is 9.47. The van der Waals surface area contributed by atoms with E-state index in [9.17, 15) is 0 Å². The highest BCUT2D eigenvalue weighted by atomic mass is 16.5. The van der Waals surface area contributed by atoms with Gasteiger partial charge in [0.2, 0.25) is 0 Å². The molecule has 1 heterocycles. The summed E-state index contributed by atoms with van der Waals surface area (Å²) in [4.78, 5) is 2.48. The van der Waals surface area contributed by atoms with Gasteiger partial charge in [0, 0.05) is 32.1 Å². The van der Waals surface area contributed by atoms with Gasteiger partial charge in [-0.2, -0.15) is 0 Å². The first kappa shape index (κ1) is 14.5. The van der Waals surface area contributed by atoms with Crippen molar-refractivity contribution in [3.05, 3.63) is 0 Å². The van der Waals surface area contributed by atoms with E-state index in [1.165, 1.54) is 0 Å². The molecule has 3 nitrogen and oxygen atoms in total. The van der Waals surface area contributed by atoms with Gasteiger partial charge in [0.1, 0.15) is 0 Å². The quantitative estimate of drug-likeness (QED) is 0.537. The van der Waals surface area contributed by atoms with Crippen LogP contribution in [0, 0.1) is 12.3 Å². The summed E-state index contributed by atoms with van der Waals surface area (Å²) >= 11 is 0. The Bertz CT molecular complexity index is 235. The molecule has 1 unspecified atom stereocenters. The smallest absolute Gasteiger partial charge is 0.0826 e. The third kappa shape index (κ3) is 6.07. The lowest BCUT2D eigenvalue weighted by atomic mass is 10.2. The van der Waals surface area contributed by atoms with Crippen LogP contribution in [0.3, 0.4) is 0 Å². The number of unbranched alkanes of at least 4 members (excludes halogenated alkanes) is 2. The van der Waals surface area contributed by atoms with Gasteiger partial charge >= 0.3 is 0 Å². The summed E-state index contributed by atoms with van der Waals surface area (Å²) in [7, 11) is 0. The molecule has 1 aliphatic heterocycles. The lowest BCUT2D eigenvalue weighted by Crippen LogP contribution is -2.49. The van der Waals surface area contributed by atoms with E-state index in [-0.39, 0.29) is 0 Å². The molecule has 17 heavy (non-hydrogen) atoms. The molecule has 0 aliphatic carbocycles. The van der Waals surface area contributed by atoms with Gasteiger partial charge in [-0.25, -0.2) is 0 Å². The molecule has 0 aromatic carbocycles. The van der Waals surface area contributed by atoms with Crippen molar-refractivity contribution in [3.63, 3.8) is 0 Å². The predicted molar refractivity (Wildman–Crippen MR) is 72.0 cm³/mol.